The summed E-state index contributed by atoms with van der Waals surface area (Å²) in [5, 5.41) is 23.5. The minimum atomic E-state index is 0.0492. The van der Waals surface area contributed by atoms with Crippen LogP contribution in [0.3, 0.4) is 0 Å². The third kappa shape index (κ3) is 2.94. The molecule has 0 aliphatic carbocycles. The highest BCUT2D eigenvalue weighted by atomic mass is 16.2. The van der Waals surface area contributed by atoms with E-state index in [9.17, 15) is 10.1 Å². The van der Waals surface area contributed by atoms with Crippen LogP contribution in [0.25, 0.3) is 5.69 Å². The molecule has 1 saturated heterocycles. The Kier molecular flexibility index (Phi) is 4.07. The molecule has 8 nitrogen and oxygen atoms in total. The molecule has 22 heavy (non-hydrogen) atoms. The first kappa shape index (κ1) is 14.2. The maximum Gasteiger partial charge on any atom is 0.227 e. The van der Waals surface area contributed by atoms with E-state index in [2.05, 4.69) is 26.9 Å². The van der Waals surface area contributed by atoms with Gasteiger partial charge in [0, 0.05) is 26.2 Å². The highest BCUT2D eigenvalue weighted by Crippen LogP contribution is 2.15. The van der Waals surface area contributed by atoms with Gasteiger partial charge < -0.3 is 10.2 Å². The van der Waals surface area contributed by atoms with Crippen LogP contribution in [0.1, 0.15) is 11.1 Å². The summed E-state index contributed by atoms with van der Waals surface area (Å²) in [6.45, 7) is 3.05. The van der Waals surface area contributed by atoms with Gasteiger partial charge in [-0.15, -0.1) is 5.10 Å². The number of hydrogen-bond acceptors (Lipinski definition) is 6. The topological polar surface area (TPSA) is 99.7 Å². The molecule has 0 atom stereocenters. The molecule has 0 bridgehead atoms. The van der Waals surface area contributed by atoms with Crippen LogP contribution < -0.4 is 5.32 Å². The van der Waals surface area contributed by atoms with Gasteiger partial charge in [0.1, 0.15) is 6.33 Å². The lowest BCUT2D eigenvalue weighted by atomic mass is 10.0. The van der Waals surface area contributed by atoms with Gasteiger partial charge in [-0.25, -0.2) is 4.68 Å². The maximum atomic E-state index is 12.3. The summed E-state index contributed by atoms with van der Waals surface area (Å²) in [5.41, 5.74) is 1.89. The van der Waals surface area contributed by atoms with Crippen molar-refractivity contribution in [3.63, 3.8) is 0 Å². The van der Waals surface area contributed by atoms with Gasteiger partial charge in [0.05, 0.1) is 23.7 Å². The van der Waals surface area contributed by atoms with Crippen LogP contribution in [0.15, 0.2) is 24.5 Å². The van der Waals surface area contributed by atoms with E-state index in [1.807, 2.05) is 4.90 Å². The molecule has 0 unspecified atom stereocenters. The molecule has 0 spiro atoms. The molecule has 1 amide bonds. The summed E-state index contributed by atoms with van der Waals surface area (Å²) >= 11 is 0. The highest BCUT2D eigenvalue weighted by Gasteiger charge is 2.18. The van der Waals surface area contributed by atoms with Crippen molar-refractivity contribution in [3.05, 3.63) is 35.7 Å². The molecule has 1 N–H and O–H groups in total. The first-order chi connectivity index (χ1) is 10.8. The fourth-order valence-corrected chi connectivity index (χ4v) is 2.43. The lowest BCUT2D eigenvalue weighted by molar-refractivity contribution is -0.131. The molecule has 0 saturated carbocycles. The van der Waals surface area contributed by atoms with E-state index < -0.39 is 0 Å². The van der Waals surface area contributed by atoms with E-state index in [-0.39, 0.29) is 12.3 Å². The molecule has 0 radical (unpaired) electrons. The van der Waals surface area contributed by atoms with Crippen molar-refractivity contribution in [2.24, 2.45) is 0 Å². The molecule has 1 aliphatic rings. The second-order valence-electron chi connectivity index (χ2n) is 5.02. The third-order valence-corrected chi connectivity index (χ3v) is 3.64. The summed E-state index contributed by atoms with van der Waals surface area (Å²) in [4.78, 5) is 14.1. The summed E-state index contributed by atoms with van der Waals surface area (Å²) in [7, 11) is 0. The van der Waals surface area contributed by atoms with Gasteiger partial charge >= 0.3 is 0 Å². The van der Waals surface area contributed by atoms with Gasteiger partial charge in [-0.2, -0.15) is 5.26 Å². The van der Waals surface area contributed by atoms with Gasteiger partial charge in [0.25, 0.3) is 0 Å². The average Bonchev–Trinajstić information content (AvgIpc) is 3.10. The summed E-state index contributed by atoms with van der Waals surface area (Å²) in [5.74, 6) is 0.0492. The van der Waals surface area contributed by atoms with Crippen LogP contribution in [0.4, 0.5) is 0 Å². The molecule has 1 fully saturated rings. The number of carbonyl (C=O) groups is 1. The smallest absolute Gasteiger partial charge is 0.227 e. The molecule has 112 valence electrons. The molecule has 2 heterocycles. The van der Waals surface area contributed by atoms with E-state index in [1.165, 1.54) is 11.0 Å². The Labute approximate surface area is 127 Å². The molecule has 1 aliphatic heterocycles. The molecule has 2 aromatic rings. The molecular formula is C14H15N7O. The predicted octanol–water partition coefficient (Wildman–Crippen LogP) is -0.492. The highest BCUT2D eigenvalue weighted by molar-refractivity contribution is 5.79. The molecule has 8 heteroatoms. The number of rotatable bonds is 3. The summed E-state index contributed by atoms with van der Waals surface area (Å²) in [6, 6.07) is 7.42. The predicted molar refractivity (Wildman–Crippen MR) is 77.0 cm³/mol. The Hall–Kier alpha value is -2.79. The number of benzene rings is 1. The van der Waals surface area contributed by atoms with E-state index >= 15 is 0 Å². The van der Waals surface area contributed by atoms with E-state index in [1.54, 1.807) is 18.2 Å². The van der Waals surface area contributed by atoms with E-state index in [0.29, 0.717) is 24.3 Å². The van der Waals surface area contributed by atoms with Crippen molar-refractivity contribution < 1.29 is 4.79 Å². The second-order valence-corrected chi connectivity index (χ2v) is 5.02. The fourth-order valence-electron chi connectivity index (χ4n) is 2.43. The Bertz CT molecular complexity index is 698. The van der Waals surface area contributed by atoms with Crippen LogP contribution >= 0.6 is 0 Å². The first-order valence-electron chi connectivity index (χ1n) is 7.03. The quantitative estimate of drug-likeness (QED) is 0.820. The summed E-state index contributed by atoms with van der Waals surface area (Å²) in [6.07, 6.45) is 1.70. The molecule has 3 rings (SSSR count). The Balaban J connectivity index is 1.79. The number of piperazine rings is 1. The van der Waals surface area contributed by atoms with E-state index in [0.717, 1.165) is 18.7 Å². The van der Waals surface area contributed by atoms with Crippen LogP contribution in [-0.4, -0.2) is 57.2 Å². The van der Waals surface area contributed by atoms with Crippen LogP contribution in [0.5, 0.6) is 0 Å². The van der Waals surface area contributed by atoms with Gasteiger partial charge in [-0.1, -0.05) is 6.07 Å². The molecular weight excluding hydrogens is 282 g/mol. The van der Waals surface area contributed by atoms with Crippen LogP contribution in [0.2, 0.25) is 0 Å². The minimum absolute atomic E-state index is 0.0492. The SMILES string of the molecule is N#Cc1cc(-n2cnnn2)ccc1CC(=O)N1CCNCC1. The normalized spacial score (nSPS) is 14.6. The number of nitrogens with one attached hydrogen (secondary N) is 1. The van der Waals surface area contributed by atoms with Crippen molar-refractivity contribution in [2.75, 3.05) is 26.2 Å². The zero-order valence-electron chi connectivity index (χ0n) is 11.9. The summed E-state index contributed by atoms with van der Waals surface area (Å²) < 4.78 is 1.47. The van der Waals surface area contributed by atoms with Crippen molar-refractivity contribution in [1.29, 1.82) is 5.26 Å². The standard InChI is InChI=1S/C14H15N7O/c15-9-12-7-13(21-10-17-18-19-21)2-1-11(12)8-14(22)20-5-3-16-4-6-20/h1-2,7,10,16H,3-6,8H2. The minimum Gasteiger partial charge on any atom is -0.340 e. The van der Waals surface area contributed by atoms with Crippen molar-refractivity contribution in [2.45, 2.75) is 6.42 Å². The lowest BCUT2D eigenvalue weighted by Crippen LogP contribution is -2.47. The Morgan fingerprint density at radius 1 is 1.36 bits per heavy atom. The van der Waals surface area contributed by atoms with Gasteiger partial charge in [0.2, 0.25) is 5.91 Å². The lowest BCUT2D eigenvalue weighted by Gasteiger charge is -2.27. The zero-order valence-corrected chi connectivity index (χ0v) is 11.9. The van der Waals surface area contributed by atoms with Gasteiger partial charge in [0.15, 0.2) is 0 Å². The van der Waals surface area contributed by atoms with Crippen molar-refractivity contribution in [1.82, 2.24) is 30.4 Å². The number of tetrazole rings is 1. The van der Waals surface area contributed by atoms with Crippen LogP contribution in [-0.2, 0) is 11.2 Å². The molecule has 1 aromatic carbocycles. The Morgan fingerprint density at radius 3 is 2.86 bits per heavy atom. The van der Waals surface area contributed by atoms with E-state index in [4.69, 9.17) is 0 Å². The maximum absolute atomic E-state index is 12.3. The first-order valence-corrected chi connectivity index (χ1v) is 7.03. The average molecular weight is 297 g/mol. The zero-order chi connectivity index (χ0) is 15.4. The van der Waals surface area contributed by atoms with Gasteiger partial charge in [-0.05, 0) is 28.1 Å². The number of nitrogens with zero attached hydrogens (tertiary/aromatic N) is 6. The monoisotopic (exact) mass is 297 g/mol. The molecule has 1 aromatic heterocycles. The number of carbonyl (C=O) groups excluding carboxylic acids is 1. The largest absolute Gasteiger partial charge is 0.340 e. The van der Waals surface area contributed by atoms with Crippen molar-refractivity contribution in [3.8, 4) is 11.8 Å². The number of hydrogen-bond donors (Lipinski definition) is 1. The van der Waals surface area contributed by atoms with Crippen LogP contribution in [0, 0.1) is 11.3 Å². The second kappa shape index (κ2) is 6.32. The van der Waals surface area contributed by atoms with Gasteiger partial charge in [-0.3, -0.25) is 4.79 Å². The number of aromatic nitrogens is 4. The van der Waals surface area contributed by atoms with Crippen molar-refractivity contribution >= 4 is 5.91 Å². The third-order valence-electron chi connectivity index (χ3n) is 3.64. The number of amides is 1. The number of nitriles is 1. The fraction of sp³-hybridized carbons (Fsp3) is 0.357. The Morgan fingerprint density at radius 2 is 2.18 bits per heavy atom.